The van der Waals surface area contributed by atoms with E-state index in [1.54, 1.807) is 26.0 Å². The number of guanidine groups is 1. The molecule has 3 rings (SSSR count). The Morgan fingerprint density at radius 1 is 0.788 bits per heavy atom. The van der Waals surface area contributed by atoms with E-state index >= 15 is 0 Å². The molecule has 172 valence electrons. The average Bonchev–Trinajstić information content (AvgIpc) is 2.85. The first-order chi connectivity index (χ1) is 16.1. The second-order valence-electron chi connectivity index (χ2n) is 7.92. The molecule has 0 aliphatic heterocycles. The van der Waals surface area contributed by atoms with Crippen molar-refractivity contribution in [1.82, 2.24) is 15.5 Å². The number of amides is 1. The van der Waals surface area contributed by atoms with Gasteiger partial charge in [-0.2, -0.15) is 0 Å². The minimum atomic E-state index is -0.00148. The first-order valence-electron chi connectivity index (χ1n) is 11.0. The molecule has 33 heavy (non-hydrogen) atoms. The van der Waals surface area contributed by atoms with E-state index in [4.69, 9.17) is 4.74 Å². The fourth-order valence-corrected chi connectivity index (χ4v) is 3.33. The predicted molar refractivity (Wildman–Crippen MR) is 133 cm³/mol. The molecule has 6 heteroatoms. The van der Waals surface area contributed by atoms with Crippen molar-refractivity contribution in [3.63, 3.8) is 0 Å². The van der Waals surface area contributed by atoms with E-state index in [0.717, 1.165) is 16.7 Å². The van der Waals surface area contributed by atoms with Gasteiger partial charge >= 0.3 is 0 Å². The molecule has 0 spiro atoms. The lowest BCUT2D eigenvalue weighted by atomic mass is 10.1. The maximum Gasteiger partial charge on any atom is 0.253 e. The summed E-state index contributed by atoms with van der Waals surface area (Å²) >= 11 is 0. The fraction of sp³-hybridized carbons (Fsp3) is 0.259. The summed E-state index contributed by atoms with van der Waals surface area (Å²) in [6.45, 7) is 2.39. The molecule has 0 aliphatic rings. The lowest BCUT2D eigenvalue weighted by Crippen LogP contribution is -2.36. The van der Waals surface area contributed by atoms with E-state index in [9.17, 15) is 4.79 Å². The summed E-state index contributed by atoms with van der Waals surface area (Å²) in [6, 6.07) is 26.0. The zero-order valence-electron chi connectivity index (χ0n) is 19.5. The predicted octanol–water partition coefficient (Wildman–Crippen LogP) is 3.97. The van der Waals surface area contributed by atoms with Crippen molar-refractivity contribution >= 4 is 11.9 Å². The maximum atomic E-state index is 12.0. The highest BCUT2D eigenvalue weighted by Gasteiger charge is 2.08. The molecular formula is C27H32N4O2. The summed E-state index contributed by atoms with van der Waals surface area (Å²) < 4.78 is 5.93. The molecule has 0 aromatic heterocycles. The Bertz CT molecular complexity index is 1050. The van der Waals surface area contributed by atoms with E-state index in [1.807, 2.05) is 54.6 Å². The Balaban J connectivity index is 1.50. The highest BCUT2D eigenvalue weighted by Crippen LogP contribution is 2.12. The molecule has 0 atom stereocenters. The van der Waals surface area contributed by atoms with Crippen molar-refractivity contribution in [3.8, 4) is 0 Å². The summed E-state index contributed by atoms with van der Waals surface area (Å²) in [6.07, 6.45) is 0. The second-order valence-corrected chi connectivity index (χ2v) is 7.92. The number of benzene rings is 3. The molecule has 0 unspecified atom stereocenters. The van der Waals surface area contributed by atoms with E-state index in [-0.39, 0.29) is 5.91 Å². The number of nitrogens with one attached hydrogen (secondary N) is 2. The Morgan fingerprint density at radius 3 is 2.09 bits per heavy atom. The van der Waals surface area contributed by atoms with Crippen molar-refractivity contribution in [2.75, 3.05) is 21.1 Å². The largest absolute Gasteiger partial charge is 0.372 e. The summed E-state index contributed by atoms with van der Waals surface area (Å²) in [5, 5.41) is 6.70. The summed E-state index contributed by atoms with van der Waals surface area (Å²) in [7, 11) is 5.26. The van der Waals surface area contributed by atoms with E-state index in [0.29, 0.717) is 37.8 Å². The molecule has 0 radical (unpaired) electrons. The molecule has 0 saturated carbocycles. The van der Waals surface area contributed by atoms with Crippen LogP contribution < -0.4 is 10.6 Å². The number of carbonyl (C=O) groups is 1. The minimum absolute atomic E-state index is 0.00148. The smallest absolute Gasteiger partial charge is 0.253 e. The number of ether oxygens (including phenoxy) is 1. The maximum absolute atomic E-state index is 12.0. The first-order valence-corrected chi connectivity index (χ1v) is 11.0. The fourth-order valence-electron chi connectivity index (χ4n) is 3.33. The van der Waals surface area contributed by atoms with Crippen LogP contribution in [0.2, 0.25) is 0 Å². The van der Waals surface area contributed by atoms with Crippen LogP contribution in [-0.2, 0) is 31.0 Å². The Morgan fingerprint density at radius 2 is 1.42 bits per heavy atom. The number of rotatable bonds is 9. The van der Waals surface area contributed by atoms with Gasteiger partial charge in [0.05, 0.1) is 13.2 Å². The van der Waals surface area contributed by atoms with Gasteiger partial charge in [0.15, 0.2) is 5.96 Å². The van der Waals surface area contributed by atoms with E-state index in [1.165, 1.54) is 5.56 Å². The van der Waals surface area contributed by atoms with Crippen LogP contribution in [0.1, 0.15) is 32.6 Å². The highest BCUT2D eigenvalue weighted by atomic mass is 16.5. The molecule has 0 bridgehead atoms. The van der Waals surface area contributed by atoms with Gasteiger partial charge < -0.3 is 20.3 Å². The van der Waals surface area contributed by atoms with Crippen LogP contribution in [0.4, 0.5) is 0 Å². The normalized spacial score (nSPS) is 11.2. The lowest BCUT2D eigenvalue weighted by Gasteiger charge is -2.15. The standard InChI is InChI=1S/C27H32N4O2/c1-28-27(29-17-21-13-15-23(16-14-21)26(32)31(2)3)30-18-24-11-7-8-12-25(24)20-33-19-22-9-5-4-6-10-22/h4-16H,17-20H2,1-3H3,(H2,28,29,30). The summed E-state index contributed by atoms with van der Waals surface area (Å²) in [5.74, 6) is 0.710. The molecule has 2 N–H and O–H groups in total. The van der Waals surface area contributed by atoms with Crippen molar-refractivity contribution in [2.45, 2.75) is 26.3 Å². The third-order valence-electron chi connectivity index (χ3n) is 5.22. The first kappa shape index (κ1) is 24.0. The molecule has 0 aliphatic carbocycles. The van der Waals surface area contributed by atoms with Crippen LogP contribution in [0.15, 0.2) is 83.9 Å². The number of aliphatic imine (C=N–C) groups is 1. The molecule has 0 heterocycles. The topological polar surface area (TPSA) is 66.0 Å². The van der Waals surface area contributed by atoms with E-state index < -0.39 is 0 Å². The summed E-state index contributed by atoms with van der Waals surface area (Å²) in [5.41, 5.74) is 5.23. The quantitative estimate of drug-likeness (QED) is 0.387. The van der Waals surface area contributed by atoms with Crippen LogP contribution in [-0.4, -0.2) is 37.9 Å². The summed E-state index contributed by atoms with van der Waals surface area (Å²) in [4.78, 5) is 17.9. The zero-order valence-corrected chi connectivity index (χ0v) is 19.5. The Kier molecular flexibility index (Phi) is 9.03. The monoisotopic (exact) mass is 444 g/mol. The SMILES string of the molecule is CN=C(NCc1ccc(C(=O)N(C)C)cc1)NCc1ccccc1COCc1ccccc1. The van der Waals surface area contributed by atoms with Gasteiger partial charge in [-0.1, -0.05) is 66.7 Å². The third-order valence-corrected chi connectivity index (χ3v) is 5.22. The van der Waals surface area contributed by atoms with Crippen molar-refractivity contribution in [1.29, 1.82) is 0 Å². The van der Waals surface area contributed by atoms with Crippen molar-refractivity contribution < 1.29 is 9.53 Å². The van der Waals surface area contributed by atoms with Crippen LogP contribution in [0.5, 0.6) is 0 Å². The van der Waals surface area contributed by atoms with Crippen LogP contribution in [0.25, 0.3) is 0 Å². The van der Waals surface area contributed by atoms with Crippen LogP contribution >= 0.6 is 0 Å². The molecule has 1 amide bonds. The molecule has 0 saturated heterocycles. The van der Waals surface area contributed by atoms with Gasteiger partial charge in [0, 0.05) is 39.8 Å². The highest BCUT2D eigenvalue weighted by molar-refractivity contribution is 5.93. The molecule has 3 aromatic carbocycles. The van der Waals surface area contributed by atoms with Gasteiger partial charge in [-0.25, -0.2) is 0 Å². The van der Waals surface area contributed by atoms with E-state index in [2.05, 4.69) is 39.9 Å². The molecule has 0 fully saturated rings. The number of hydrogen-bond donors (Lipinski definition) is 2. The lowest BCUT2D eigenvalue weighted by molar-refractivity contribution is 0.0827. The number of hydrogen-bond acceptors (Lipinski definition) is 3. The third kappa shape index (κ3) is 7.47. The van der Waals surface area contributed by atoms with Gasteiger partial charge in [-0.3, -0.25) is 9.79 Å². The van der Waals surface area contributed by atoms with Gasteiger partial charge in [0.25, 0.3) is 5.91 Å². The van der Waals surface area contributed by atoms with Gasteiger partial charge in [0.2, 0.25) is 0 Å². The number of nitrogens with zero attached hydrogens (tertiary/aromatic N) is 2. The van der Waals surface area contributed by atoms with Gasteiger partial charge in [-0.15, -0.1) is 0 Å². The second kappa shape index (κ2) is 12.4. The van der Waals surface area contributed by atoms with Crippen molar-refractivity contribution in [2.24, 2.45) is 4.99 Å². The zero-order chi connectivity index (χ0) is 23.5. The Hall–Kier alpha value is -3.64. The Labute approximate surface area is 196 Å². The minimum Gasteiger partial charge on any atom is -0.372 e. The molecule has 6 nitrogen and oxygen atoms in total. The van der Waals surface area contributed by atoms with Gasteiger partial charge in [-0.05, 0) is 34.4 Å². The molecular weight excluding hydrogens is 412 g/mol. The van der Waals surface area contributed by atoms with Gasteiger partial charge in [0.1, 0.15) is 0 Å². The molecule has 3 aromatic rings. The number of carbonyl (C=O) groups excluding carboxylic acids is 1. The van der Waals surface area contributed by atoms with Crippen LogP contribution in [0, 0.1) is 0 Å². The average molecular weight is 445 g/mol. The van der Waals surface area contributed by atoms with Crippen molar-refractivity contribution in [3.05, 3.63) is 107 Å². The van der Waals surface area contributed by atoms with Crippen LogP contribution in [0.3, 0.4) is 0 Å².